The van der Waals surface area contributed by atoms with Crippen molar-refractivity contribution < 1.29 is 14.6 Å². The SMILES string of the molecule is C[C@H](O)c1cc(F)ccc1N1CCC(C)(O)C1. The van der Waals surface area contributed by atoms with Gasteiger partial charge in [-0.3, -0.25) is 0 Å². The molecule has 1 unspecified atom stereocenters. The standard InChI is InChI=1S/C13H18FNO2/c1-9(16)11-7-10(14)3-4-12(11)15-6-5-13(2,17)8-15/h3-4,7,9,16-17H,5-6,8H2,1-2H3/t9-,13?/m0/s1. The van der Waals surface area contributed by atoms with Crippen molar-refractivity contribution in [3.05, 3.63) is 29.6 Å². The minimum atomic E-state index is -0.716. The van der Waals surface area contributed by atoms with E-state index in [0.717, 1.165) is 12.2 Å². The molecule has 0 aromatic heterocycles. The molecule has 3 nitrogen and oxygen atoms in total. The molecule has 2 atom stereocenters. The van der Waals surface area contributed by atoms with Crippen LogP contribution in [0.25, 0.3) is 0 Å². The predicted octanol–water partition coefficient (Wildman–Crippen LogP) is 1.84. The monoisotopic (exact) mass is 239 g/mol. The highest BCUT2D eigenvalue weighted by atomic mass is 19.1. The van der Waals surface area contributed by atoms with Crippen LogP contribution in [0, 0.1) is 5.82 Å². The number of β-amino-alcohol motifs (C(OH)–C–C–N with tert-alkyl or cyclic N) is 1. The van der Waals surface area contributed by atoms with Crippen LogP contribution in [0.5, 0.6) is 0 Å². The number of hydrogen-bond donors (Lipinski definition) is 2. The van der Waals surface area contributed by atoms with Gasteiger partial charge in [-0.15, -0.1) is 0 Å². The molecule has 2 rings (SSSR count). The molecule has 0 spiro atoms. The van der Waals surface area contributed by atoms with Gasteiger partial charge in [-0.2, -0.15) is 0 Å². The van der Waals surface area contributed by atoms with E-state index in [2.05, 4.69) is 0 Å². The van der Waals surface area contributed by atoms with Gasteiger partial charge in [0.1, 0.15) is 5.82 Å². The summed E-state index contributed by atoms with van der Waals surface area (Å²) in [5.74, 6) is -0.351. The van der Waals surface area contributed by atoms with Gasteiger partial charge in [0.25, 0.3) is 0 Å². The third kappa shape index (κ3) is 2.58. The van der Waals surface area contributed by atoms with Crippen LogP contribution in [0.15, 0.2) is 18.2 Å². The predicted molar refractivity (Wildman–Crippen MR) is 64.5 cm³/mol. The molecule has 1 aliphatic heterocycles. The number of aliphatic hydroxyl groups excluding tert-OH is 1. The van der Waals surface area contributed by atoms with Gasteiger partial charge in [0, 0.05) is 24.3 Å². The summed E-state index contributed by atoms with van der Waals surface area (Å²) in [4.78, 5) is 1.99. The summed E-state index contributed by atoms with van der Waals surface area (Å²) in [6.45, 7) is 4.64. The normalized spacial score (nSPS) is 26.3. The molecule has 4 heteroatoms. The first-order valence-electron chi connectivity index (χ1n) is 5.84. The highest BCUT2D eigenvalue weighted by Crippen LogP contribution is 2.32. The third-order valence-corrected chi connectivity index (χ3v) is 3.23. The summed E-state index contributed by atoms with van der Waals surface area (Å²) < 4.78 is 13.2. The Bertz CT molecular complexity index is 418. The summed E-state index contributed by atoms with van der Waals surface area (Å²) >= 11 is 0. The van der Waals surface area contributed by atoms with Crippen LogP contribution in [0.2, 0.25) is 0 Å². The van der Waals surface area contributed by atoms with Crippen molar-refractivity contribution in [3.8, 4) is 0 Å². The van der Waals surface area contributed by atoms with Gasteiger partial charge in [0.05, 0.1) is 11.7 Å². The van der Waals surface area contributed by atoms with Gasteiger partial charge in [-0.1, -0.05) is 0 Å². The van der Waals surface area contributed by atoms with Gasteiger partial charge in [0.15, 0.2) is 0 Å². The maximum absolute atomic E-state index is 13.2. The number of halogens is 1. The zero-order valence-corrected chi connectivity index (χ0v) is 10.2. The van der Waals surface area contributed by atoms with Crippen LogP contribution in [-0.2, 0) is 0 Å². The van der Waals surface area contributed by atoms with E-state index in [1.54, 1.807) is 19.9 Å². The third-order valence-electron chi connectivity index (χ3n) is 3.23. The molecule has 1 aromatic carbocycles. The molecule has 0 radical (unpaired) electrons. The van der Waals surface area contributed by atoms with Crippen LogP contribution in [0.4, 0.5) is 10.1 Å². The van der Waals surface area contributed by atoms with Crippen molar-refractivity contribution in [3.63, 3.8) is 0 Å². The zero-order valence-electron chi connectivity index (χ0n) is 10.2. The lowest BCUT2D eigenvalue weighted by molar-refractivity contribution is 0.0839. The molecule has 1 saturated heterocycles. The quantitative estimate of drug-likeness (QED) is 0.827. The summed E-state index contributed by atoms with van der Waals surface area (Å²) in [5, 5.41) is 19.6. The van der Waals surface area contributed by atoms with Crippen LogP contribution in [-0.4, -0.2) is 28.9 Å². The molecule has 94 valence electrons. The van der Waals surface area contributed by atoms with Crippen LogP contribution < -0.4 is 4.90 Å². The van der Waals surface area contributed by atoms with Crippen molar-refractivity contribution in [1.82, 2.24) is 0 Å². The fourth-order valence-corrected chi connectivity index (χ4v) is 2.30. The lowest BCUT2D eigenvalue weighted by atomic mass is 10.1. The molecular weight excluding hydrogens is 221 g/mol. The summed E-state index contributed by atoms with van der Waals surface area (Å²) in [5.41, 5.74) is 0.673. The fraction of sp³-hybridized carbons (Fsp3) is 0.538. The second-order valence-electron chi connectivity index (χ2n) is 5.05. The average Bonchev–Trinajstić information content (AvgIpc) is 2.58. The van der Waals surface area contributed by atoms with Gasteiger partial charge >= 0.3 is 0 Å². The van der Waals surface area contributed by atoms with Gasteiger partial charge < -0.3 is 15.1 Å². The summed E-state index contributed by atoms with van der Waals surface area (Å²) in [6.07, 6.45) is -0.0323. The second kappa shape index (κ2) is 4.27. The first-order chi connectivity index (χ1) is 7.89. The lowest BCUT2D eigenvalue weighted by Gasteiger charge is -2.24. The molecule has 0 saturated carbocycles. The molecule has 1 fully saturated rings. The van der Waals surface area contributed by atoms with E-state index < -0.39 is 11.7 Å². The number of aliphatic hydroxyl groups is 2. The zero-order chi connectivity index (χ0) is 12.6. The van der Waals surface area contributed by atoms with Crippen molar-refractivity contribution >= 4 is 5.69 Å². The first kappa shape index (κ1) is 12.3. The largest absolute Gasteiger partial charge is 0.389 e. The Balaban J connectivity index is 2.33. The van der Waals surface area contributed by atoms with E-state index in [9.17, 15) is 14.6 Å². The Hall–Kier alpha value is -1.13. The summed E-state index contributed by atoms with van der Waals surface area (Å²) in [7, 11) is 0. The maximum Gasteiger partial charge on any atom is 0.123 e. The fourth-order valence-electron chi connectivity index (χ4n) is 2.30. The topological polar surface area (TPSA) is 43.7 Å². The van der Waals surface area contributed by atoms with Crippen molar-refractivity contribution in [1.29, 1.82) is 0 Å². The van der Waals surface area contributed by atoms with E-state index in [-0.39, 0.29) is 5.82 Å². The van der Waals surface area contributed by atoms with Gasteiger partial charge in [-0.05, 0) is 38.5 Å². The number of anilines is 1. The number of hydrogen-bond acceptors (Lipinski definition) is 3. The maximum atomic E-state index is 13.2. The molecule has 1 aliphatic rings. The lowest BCUT2D eigenvalue weighted by Crippen LogP contribution is -2.30. The number of rotatable bonds is 2. The van der Waals surface area contributed by atoms with Crippen molar-refractivity contribution in [2.75, 3.05) is 18.0 Å². The van der Waals surface area contributed by atoms with Crippen LogP contribution in [0.3, 0.4) is 0 Å². The highest BCUT2D eigenvalue weighted by Gasteiger charge is 2.32. The first-order valence-corrected chi connectivity index (χ1v) is 5.84. The molecule has 0 bridgehead atoms. The smallest absolute Gasteiger partial charge is 0.123 e. The molecule has 0 amide bonds. The van der Waals surface area contributed by atoms with E-state index in [4.69, 9.17) is 0 Å². The van der Waals surface area contributed by atoms with Gasteiger partial charge in [-0.25, -0.2) is 4.39 Å². The van der Waals surface area contributed by atoms with Crippen molar-refractivity contribution in [2.24, 2.45) is 0 Å². The minimum Gasteiger partial charge on any atom is -0.389 e. The Morgan fingerprint density at radius 2 is 2.18 bits per heavy atom. The van der Waals surface area contributed by atoms with Crippen LogP contribution >= 0.6 is 0 Å². The Labute approximate surface area is 100 Å². The average molecular weight is 239 g/mol. The van der Waals surface area contributed by atoms with Crippen LogP contribution in [0.1, 0.15) is 31.9 Å². The molecule has 17 heavy (non-hydrogen) atoms. The Morgan fingerprint density at radius 1 is 1.47 bits per heavy atom. The van der Waals surface area contributed by atoms with E-state index in [0.29, 0.717) is 18.5 Å². The van der Waals surface area contributed by atoms with Gasteiger partial charge in [0.2, 0.25) is 0 Å². The number of benzene rings is 1. The highest BCUT2D eigenvalue weighted by molar-refractivity contribution is 5.56. The second-order valence-corrected chi connectivity index (χ2v) is 5.05. The Kier molecular flexibility index (Phi) is 3.10. The van der Waals surface area contributed by atoms with Crippen molar-refractivity contribution in [2.45, 2.75) is 32.0 Å². The molecular formula is C13H18FNO2. The molecule has 1 heterocycles. The molecule has 0 aliphatic carbocycles. The van der Waals surface area contributed by atoms with E-state index >= 15 is 0 Å². The van der Waals surface area contributed by atoms with E-state index in [1.807, 2.05) is 4.90 Å². The minimum absolute atomic E-state index is 0.351. The molecule has 2 N–H and O–H groups in total. The van der Waals surface area contributed by atoms with E-state index in [1.165, 1.54) is 12.1 Å². The molecule has 1 aromatic rings. The Morgan fingerprint density at radius 3 is 2.71 bits per heavy atom. The summed E-state index contributed by atoms with van der Waals surface area (Å²) in [6, 6.07) is 4.40. The number of nitrogens with zero attached hydrogens (tertiary/aromatic N) is 1.